The predicted octanol–water partition coefficient (Wildman–Crippen LogP) is 2.75. The topological polar surface area (TPSA) is 57.6 Å². The first kappa shape index (κ1) is 17.5. The van der Waals surface area contributed by atoms with Crippen LogP contribution in [-0.2, 0) is 9.59 Å². The fraction of sp³-hybridized carbons (Fsp3) is 0.529. The molecule has 0 radical (unpaired) electrons. The minimum atomic E-state index is -1.63. The van der Waals surface area contributed by atoms with Gasteiger partial charge < -0.3 is 10.0 Å². The lowest BCUT2D eigenvalue weighted by atomic mass is 9.77. The Morgan fingerprint density at radius 3 is 2.30 bits per heavy atom. The van der Waals surface area contributed by atoms with Crippen molar-refractivity contribution >= 4 is 11.7 Å². The number of carbonyl (C=O) groups excluding carboxylic acids is 2. The van der Waals surface area contributed by atoms with E-state index in [0.29, 0.717) is 24.9 Å². The third-order valence-electron chi connectivity index (χ3n) is 4.16. The van der Waals surface area contributed by atoms with E-state index in [0.717, 1.165) is 6.07 Å². The molecule has 0 aromatic heterocycles. The fourth-order valence-electron chi connectivity index (χ4n) is 3.14. The Morgan fingerprint density at radius 1 is 1.22 bits per heavy atom. The highest BCUT2D eigenvalue weighted by Gasteiger charge is 2.51. The normalized spacial score (nSPS) is 22.2. The number of hydrogen-bond donors (Lipinski definition) is 1. The van der Waals surface area contributed by atoms with E-state index in [4.69, 9.17) is 0 Å². The Hall–Kier alpha value is -1.82. The molecule has 6 heteroatoms. The van der Waals surface area contributed by atoms with Crippen molar-refractivity contribution in [3.05, 3.63) is 35.4 Å². The van der Waals surface area contributed by atoms with Crippen molar-refractivity contribution in [2.45, 2.75) is 51.2 Å². The zero-order chi connectivity index (χ0) is 17.2. The van der Waals surface area contributed by atoms with E-state index >= 15 is 0 Å². The average Bonchev–Trinajstić information content (AvgIpc) is 2.95. The van der Waals surface area contributed by atoms with Crippen LogP contribution in [0.25, 0.3) is 0 Å². The maximum atomic E-state index is 13.3. The zero-order valence-electron chi connectivity index (χ0n) is 13.3. The second kappa shape index (κ2) is 6.74. The lowest BCUT2D eigenvalue weighted by molar-refractivity contribution is -0.168. The van der Waals surface area contributed by atoms with Crippen molar-refractivity contribution in [1.29, 1.82) is 0 Å². The monoisotopic (exact) mass is 325 g/mol. The van der Waals surface area contributed by atoms with Crippen LogP contribution < -0.4 is 0 Å². The molecule has 1 N–H and O–H groups in total. The van der Waals surface area contributed by atoms with Gasteiger partial charge in [0.15, 0.2) is 5.60 Å². The number of nitrogens with zero attached hydrogens (tertiary/aromatic N) is 1. The Morgan fingerprint density at radius 2 is 1.78 bits per heavy atom. The maximum absolute atomic E-state index is 13.3. The van der Waals surface area contributed by atoms with Crippen molar-refractivity contribution in [2.24, 2.45) is 0 Å². The molecule has 1 aromatic rings. The first-order valence-corrected chi connectivity index (χ1v) is 7.90. The maximum Gasteiger partial charge on any atom is 0.255 e. The molecule has 1 unspecified atom stereocenters. The van der Waals surface area contributed by atoms with Gasteiger partial charge in [0, 0.05) is 25.5 Å². The smallest absolute Gasteiger partial charge is 0.255 e. The van der Waals surface area contributed by atoms with E-state index in [1.807, 2.05) is 13.8 Å². The van der Waals surface area contributed by atoms with E-state index in [-0.39, 0.29) is 18.6 Å². The highest BCUT2D eigenvalue weighted by Crippen LogP contribution is 2.38. The van der Waals surface area contributed by atoms with E-state index in [1.165, 1.54) is 17.0 Å². The Labute approximate surface area is 134 Å². The lowest BCUT2D eigenvalue weighted by Crippen LogP contribution is -2.56. The van der Waals surface area contributed by atoms with Gasteiger partial charge in [-0.2, -0.15) is 0 Å². The van der Waals surface area contributed by atoms with Gasteiger partial charge in [-0.05, 0) is 30.5 Å². The molecule has 1 aromatic carbocycles. The summed E-state index contributed by atoms with van der Waals surface area (Å²) in [4.78, 5) is 24.9. The van der Waals surface area contributed by atoms with E-state index in [9.17, 15) is 23.5 Å². The second-order valence-corrected chi connectivity index (χ2v) is 5.78. The Bertz CT molecular complexity index is 590. The van der Waals surface area contributed by atoms with Crippen molar-refractivity contribution in [2.75, 3.05) is 6.54 Å². The summed E-state index contributed by atoms with van der Waals surface area (Å²) in [5.74, 6) is -2.06. The molecule has 1 saturated carbocycles. The van der Waals surface area contributed by atoms with E-state index < -0.39 is 29.2 Å². The number of halogens is 2. The summed E-state index contributed by atoms with van der Waals surface area (Å²) in [5.41, 5.74) is -1.25. The fourth-order valence-corrected chi connectivity index (χ4v) is 3.14. The lowest BCUT2D eigenvalue weighted by Gasteiger charge is -2.38. The third-order valence-corrected chi connectivity index (χ3v) is 4.16. The number of likely N-dealkylation sites (tertiary alicyclic amines) is 1. The van der Waals surface area contributed by atoms with Crippen LogP contribution in [0.3, 0.4) is 0 Å². The van der Waals surface area contributed by atoms with Gasteiger partial charge in [0.1, 0.15) is 17.4 Å². The minimum absolute atomic E-state index is 0.154. The predicted molar refractivity (Wildman–Crippen MR) is 80.6 cm³/mol. The van der Waals surface area contributed by atoms with Gasteiger partial charge in [0.2, 0.25) is 0 Å². The van der Waals surface area contributed by atoms with Crippen molar-refractivity contribution < 1.29 is 23.5 Å². The van der Waals surface area contributed by atoms with Crippen LogP contribution in [-0.4, -0.2) is 33.8 Å². The standard InChI is InChI=1S/C15H15F2NO3.C2H6/c16-10-4-9(5-11(17)6-10)13-2-1-3-18(13)14(20)15(21)7-12(19)8-15;1-2/h4-6,13,21H,1-3,7-8H2;1-2H3. The molecule has 126 valence electrons. The number of aliphatic hydroxyl groups is 1. The van der Waals surface area contributed by atoms with Crippen molar-refractivity contribution in [1.82, 2.24) is 4.90 Å². The Kier molecular flexibility index (Phi) is 5.14. The Balaban J connectivity index is 0.000000924. The van der Waals surface area contributed by atoms with Gasteiger partial charge in [-0.15, -0.1) is 0 Å². The van der Waals surface area contributed by atoms with Crippen LogP contribution >= 0.6 is 0 Å². The summed E-state index contributed by atoms with van der Waals surface area (Å²) >= 11 is 0. The molecule has 1 aliphatic carbocycles. The van der Waals surface area contributed by atoms with Crippen LogP contribution in [0, 0.1) is 11.6 Å². The molecule has 3 rings (SSSR count). The molecule has 1 amide bonds. The summed E-state index contributed by atoms with van der Waals surface area (Å²) in [6, 6.07) is 2.73. The number of hydrogen-bond acceptors (Lipinski definition) is 3. The summed E-state index contributed by atoms with van der Waals surface area (Å²) in [6.45, 7) is 4.41. The first-order valence-electron chi connectivity index (χ1n) is 7.90. The summed E-state index contributed by atoms with van der Waals surface area (Å²) < 4.78 is 26.7. The quantitative estimate of drug-likeness (QED) is 0.909. The molecule has 2 aliphatic rings. The van der Waals surface area contributed by atoms with Gasteiger partial charge in [-0.3, -0.25) is 9.59 Å². The zero-order valence-corrected chi connectivity index (χ0v) is 13.3. The molecule has 0 spiro atoms. The molecule has 23 heavy (non-hydrogen) atoms. The highest BCUT2D eigenvalue weighted by molar-refractivity contribution is 6.02. The van der Waals surface area contributed by atoms with Gasteiger partial charge >= 0.3 is 0 Å². The number of Topliss-reactive ketones (excluding diaryl/α,β-unsaturated/α-hetero) is 1. The number of ketones is 1. The molecular weight excluding hydrogens is 304 g/mol. The number of amides is 1. The highest BCUT2D eigenvalue weighted by atomic mass is 19.1. The molecular formula is C17H21F2NO3. The molecule has 1 aliphatic heterocycles. The number of rotatable bonds is 2. The molecule has 4 nitrogen and oxygen atoms in total. The molecule has 0 bridgehead atoms. The van der Waals surface area contributed by atoms with Gasteiger partial charge in [0.25, 0.3) is 5.91 Å². The molecule has 1 heterocycles. The molecule has 1 saturated heterocycles. The summed E-state index contributed by atoms with van der Waals surface area (Å²) in [7, 11) is 0. The molecule has 1 atom stereocenters. The largest absolute Gasteiger partial charge is 0.379 e. The van der Waals surface area contributed by atoms with E-state index in [2.05, 4.69) is 0 Å². The third kappa shape index (κ3) is 3.42. The van der Waals surface area contributed by atoms with E-state index in [1.54, 1.807) is 0 Å². The summed E-state index contributed by atoms with van der Waals surface area (Å²) in [5, 5.41) is 10.1. The van der Waals surface area contributed by atoms with Crippen LogP contribution in [0.4, 0.5) is 8.78 Å². The van der Waals surface area contributed by atoms with Crippen molar-refractivity contribution in [3.63, 3.8) is 0 Å². The van der Waals surface area contributed by atoms with Crippen LogP contribution in [0.2, 0.25) is 0 Å². The van der Waals surface area contributed by atoms with Crippen LogP contribution in [0.15, 0.2) is 18.2 Å². The van der Waals surface area contributed by atoms with Gasteiger partial charge in [-0.1, -0.05) is 13.8 Å². The van der Waals surface area contributed by atoms with Crippen LogP contribution in [0.1, 0.15) is 51.1 Å². The van der Waals surface area contributed by atoms with Crippen molar-refractivity contribution in [3.8, 4) is 0 Å². The van der Waals surface area contributed by atoms with Gasteiger partial charge in [-0.25, -0.2) is 8.78 Å². The average molecular weight is 325 g/mol. The first-order chi connectivity index (χ1) is 10.9. The SMILES string of the molecule is CC.O=C1CC(O)(C(=O)N2CCCC2c2cc(F)cc(F)c2)C1. The minimum Gasteiger partial charge on any atom is -0.379 e. The second-order valence-electron chi connectivity index (χ2n) is 5.78. The van der Waals surface area contributed by atoms with Crippen LogP contribution in [0.5, 0.6) is 0 Å². The van der Waals surface area contributed by atoms with Gasteiger partial charge in [0.05, 0.1) is 6.04 Å². The number of benzene rings is 1. The molecule has 2 fully saturated rings. The number of carbonyl (C=O) groups is 2. The summed E-state index contributed by atoms with van der Waals surface area (Å²) in [6.07, 6.45) is 0.927.